The van der Waals surface area contributed by atoms with Gasteiger partial charge in [0, 0.05) is 22.1 Å². The lowest BCUT2D eigenvalue weighted by atomic mass is 9.75. The van der Waals surface area contributed by atoms with E-state index in [4.69, 9.17) is 5.11 Å². The number of hydrogen-bond acceptors (Lipinski definition) is 3. The minimum Gasteiger partial charge on any atom is -0.479 e. The largest absolute Gasteiger partial charge is 0.479 e. The van der Waals surface area contributed by atoms with Crippen LogP contribution in [0, 0.1) is 0 Å². The first kappa shape index (κ1) is 13.7. The molecule has 0 aromatic carbocycles. The summed E-state index contributed by atoms with van der Waals surface area (Å²) in [6.07, 6.45) is 0.133. The molecule has 0 radical (unpaired) electrons. The van der Waals surface area contributed by atoms with Gasteiger partial charge in [0.1, 0.15) is 0 Å². The van der Waals surface area contributed by atoms with Crippen molar-refractivity contribution in [1.82, 2.24) is 10.2 Å². The monoisotopic (exact) mass is 240 g/mol. The van der Waals surface area contributed by atoms with E-state index in [1.807, 2.05) is 20.8 Å². The molecule has 3 N–H and O–H groups in total. The number of carbonyl (C=O) groups is 1. The van der Waals surface area contributed by atoms with Crippen molar-refractivity contribution in [1.29, 1.82) is 0 Å². The molecule has 5 heteroatoms. The molecule has 1 aromatic rings. The van der Waals surface area contributed by atoms with E-state index in [2.05, 4.69) is 10.2 Å². The van der Waals surface area contributed by atoms with Crippen LogP contribution in [0.5, 0.6) is 0 Å². The SMILES string of the molecule is CC(C)(C)c1[nH]ncc1C(C)(C)C(O)C(=O)O. The lowest BCUT2D eigenvalue weighted by Crippen LogP contribution is -2.41. The van der Waals surface area contributed by atoms with E-state index in [0.29, 0.717) is 0 Å². The normalized spacial score (nSPS) is 14.7. The Morgan fingerprint density at radius 2 is 1.88 bits per heavy atom. The molecule has 5 nitrogen and oxygen atoms in total. The van der Waals surface area contributed by atoms with Crippen LogP contribution in [0.25, 0.3) is 0 Å². The zero-order valence-corrected chi connectivity index (χ0v) is 10.9. The van der Waals surface area contributed by atoms with Gasteiger partial charge < -0.3 is 10.2 Å². The second-order valence-electron chi connectivity index (χ2n) is 5.87. The van der Waals surface area contributed by atoms with E-state index in [1.54, 1.807) is 20.0 Å². The van der Waals surface area contributed by atoms with Gasteiger partial charge in [-0.05, 0) is 0 Å². The first-order valence-electron chi connectivity index (χ1n) is 5.53. The van der Waals surface area contributed by atoms with Gasteiger partial charge in [-0.25, -0.2) is 4.79 Å². The van der Waals surface area contributed by atoms with Gasteiger partial charge in [0.25, 0.3) is 0 Å². The van der Waals surface area contributed by atoms with Gasteiger partial charge in [-0.2, -0.15) is 5.10 Å². The third kappa shape index (κ3) is 2.49. The quantitative estimate of drug-likeness (QED) is 0.746. The summed E-state index contributed by atoms with van der Waals surface area (Å²) >= 11 is 0. The molecule has 1 unspecified atom stereocenters. The first-order valence-corrected chi connectivity index (χ1v) is 5.53. The molecule has 0 spiro atoms. The molecule has 0 aliphatic heterocycles. The maximum Gasteiger partial charge on any atom is 0.333 e. The number of hydrogen-bond donors (Lipinski definition) is 3. The van der Waals surface area contributed by atoms with Crippen molar-refractivity contribution >= 4 is 5.97 Å². The lowest BCUT2D eigenvalue weighted by Gasteiger charge is -2.30. The van der Waals surface area contributed by atoms with Crippen LogP contribution in [0.2, 0.25) is 0 Å². The molecule has 1 rings (SSSR count). The summed E-state index contributed by atoms with van der Waals surface area (Å²) in [5, 5.41) is 25.6. The van der Waals surface area contributed by atoms with Crippen LogP contribution in [0.15, 0.2) is 6.20 Å². The minimum absolute atomic E-state index is 0.179. The van der Waals surface area contributed by atoms with E-state index in [-0.39, 0.29) is 5.41 Å². The van der Waals surface area contributed by atoms with Gasteiger partial charge in [0.2, 0.25) is 0 Å². The summed E-state index contributed by atoms with van der Waals surface area (Å²) < 4.78 is 0. The summed E-state index contributed by atoms with van der Waals surface area (Å²) in [5.74, 6) is -1.23. The molecular formula is C12H20N2O3. The van der Waals surface area contributed by atoms with Crippen LogP contribution in [0.1, 0.15) is 45.9 Å². The van der Waals surface area contributed by atoms with Gasteiger partial charge >= 0.3 is 5.97 Å². The fourth-order valence-corrected chi connectivity index (χ4v) is 1.80. The third-order valence-corrected chi connectivity index (χ3v) is 3.00. The minimum atomic E-state index is -1.46. The number of aromatic amines is 1. The van der Waals surface area contributed by atoms with Crippen molar-refractivity contribution in [2.75, 3.05) is 0 Å². The van der Waals surface area contributed by atoms with E-state index in [0.717, 1.165) is 11.3 Å². The van der Waals surface area contributed by atoms with Crippen molar-refractivity contribution in [2.45, 2.75) is 51.6 Å². The molecule has 0 bridgehead atoms. The topological polar surface area (TPSA) is 86.2 Å². The molecule has 17 heavy (non-hydrogen) atoms. The van der Waals surface area contributed by atoms with Crippen molar-refractivity contribution in [3.05, 3.63) is 17.5 Å². The number of carboxylic acids is 1. The molecule has 0 amide bonds. The van der Waals surface area contributed by atoms with Gasteiger partial charge in [-0.3, -0.25) is 5.10 Å². The Morgan fingerprint density at radius 1 is 1.35 bits per heavy atom. The standard InChI is InChI=1S/C12H20N2O3/c1-11(2,3)8-7(6-13-14-8)12(4,5)9(15)10(16)17/h6,9,15H,1-5H3,(H,13,14)(H,16,17). The Labute approximate surface area is 101 Å². The summed E-state index contributed by atoms with van der Waals surface area (Å²) in [5.41, 5.74) is 0.519. The maximum atomic E-state index is 10.9. The Morgan fingerprint density at radius 3 is 2.29 bits per heavy atom. The van der Waals surface area contributed by atoms with Crippen LogP contribution in [0.3, 0.4) is 0 Å². The highest BCUT2D eigenvalue weighted by Crippen LogP contribution is 2.34. The van der Waals surface area contributed by atoms with E-state index in [9.17, 15) is 9.90 Å². The molecule has 1 heterocycles. The Kier molecular flexibility index (Phi) is 3.34. The van der Waals surface area contributed by atoms with Gasteiger partial charge in [-0.1, -0.05) is 34.6 Å². The molecule has 1 atom stereocenters. The van der Waals surface area contributed by atoms with Gasteiger partial charge in [0.15, 0.2) is 6.10 Å². The van der Waals surface area contributed by atoms with Crippen molar-refractivity contribution in [3.63, 3.8) is 0 Å². The van der Waals surface area contributed by atoms with E-state index in [1.165, 1.54) is 0 Å². The fraction of sp³-hybridized carbons (Fsp3) is 0.667. The van der Waals surface area contributed by atoms with Gasteiger partial charge in [-0.15, -0.1) is 0 Å². The number of rotatable bonds is 3. The predicted molar refractivity (Wildman–Crippen MR) is 64.0 cm³/mol. The zero-order valence-electron chi connectivity index (χ0n) is 10.9. The molecule has 1 aromatic heterocycles. The molecule has 0 saturated carbocycles. The highest BCUT2D eigenvalue weighted by molar-refractivity contribution is 5.74. The Hall–Kier alpha value is -1.36. The summed E-state index contributed by atoms with van der Waals surface area (Å²) in [6, 6.07) is 0. The first-order chi connectivity index (χ1) is 7.58. The maximum absolute atomic E-state index is 10.9. The predicted octanol–water partition coefficient (Wildman–Crippen LogP) is 1.43. The lowest BCUT2D eigenvalue weighted by molar-refractivity contribution is -0.150. The molecule has 96 valence electrons. The van der Waals surface area contributed by atoms with Crippen molar-refractivity contribution < 1.29 is 15.0 Å². The number of aliphatic carboxylic acids is 1. The van der Waals surface area contributed by atoms with Crippen LogP contribution in [0.4, 0.5) is 0 Å². The van der Waals surface area contributed by atoms with Gasteiger partial charge in [0.05, 0.1) is 6.20 Å². The highest BCUT2D eigenvalue weighted by Gasteiger charge is 2.39. The molecule has 0 fully saturated rings. The number of aliphatic hydroxyl groups is 1. The van der Waals surface area contributed by atoms with Crippen molar-refractivity contribution in [2.24, 2.45) is 0 Å². The number of nitrogens with zero attached hydrogens (tertiary/aromatic N) is 1. The van der Waals surface area contributed by atoms with Crippen molar-refractivity contribution in [3.8, 4) is 0 Å². The summed E-state index contributed by atoms with van der Waals surface area (Å²) in [6.45, 7) is 9.42. The average Bonchev–Trinajstić information content (AvgIpc) is 2.64. The number of H-pyrrole nitrogens is 1. The second kappa shape index (κ2) is 4.14. The number of nitrogens with one attached hydrogen (secondary N) is 1. The Bertz CT molecular complexity index is 416. The average molecular weight is 240 g/mol. The smallest absolute Gasteiger partial charge is 0.333 e. The molecular weight excluding hydrogens is 220 g/mol. The fourth-order valence-electron chi connectivity index (χ4n) is 1.80. The number of carboxylic acid groups (broad SMARTS) is 1. The van der Waals surface area contributed by atoms with Crippen LogP contribution in [-0.4, -0.2) is 32.5 Å². The zero-order chi connectivity index (χ0) is 13.4. The third-order valence-electron chi connectivity index (χ3n) is 3.00. The van der Waals surface area contributed by atoms with E-state index >= 15 is 0 Å². The van der Waals surface area contributed by atoms with Crippen LogP contribution >= 0.6 is 0 Å². The van der Waals surface area contributed by atoms with Crippen LogP contribution < -0.4 is 0 Å². The second-order valence-corrected chi connectivity index (χ2v) is 5.87. The molecule has 0 aliphatic carbocycles. The summed E-state index contributed by atoms with van der Waals surface area (Å²) in [7, 11) is 0. The van der Waals surface area contributed by atoms with Crippen LogP contribution in [-0.2, 0) is 15.6 Å². The summed E-state index contributed by atoms with van der Waals surface area (Å²) in [4.78, 5) is 10.9. The highest BCUT2D eigenvalue weighted by atomic mass is 16.4. The Balaban J connectivity index is 3.25. The number of aliphatic hydroxyl groups excluding tert-OH is 1. The molecule has 0 saturated heterocycles. The van der Waals surface area contributed by atoms with E-state index < -0.39 is 17.5 Å². The molecule has 0 aliphatic rings. The number of aromatic nitrogens is 2.